The Morgan fingerprint density at radius 3 is 2.10 bits per heavy atom. The van der Waals surface area contributed by atoms with Crippen LogP contribution in [0.5, 0.6) is 0 Å². The Bertz CT molecular complexity index is 1240. The van der Waals surface area contributed by atoms with Crippen molar-refractivity contribution in [1.82, 2.24) is 0 Å². The number of rotatable bonds is 4. The van der Waals surface area contributed by atoms with Crippen LogP contribution >= 0.6 is 11.6 Å². The summed E-state index contributed by atoms with van der Waals surface area (Å²) >= 11 is 6.35. The Balaban J connectivity index is 1.89. The molecule has 0 aliphatic carbocycles. The van der Waals surface area contributed by atoms with Crippen LogP contribution in [0.1, 0.15) is 27.8 Å². The molecular formula is C26H23ClN2O2. The summed E-state index contributed by atoms with van der Waals surface area (Å²) in [5.41, 5.74) is 6.61. The summed E-state index contributed by atoms with van der Waals surface area (Å²) in [4.78, 5) is 28.3. The van der Waals surface area contributed by atoms with Crippen molar-refractivity contribution in [2.45, 2.75) is 27.7 Å². The van der Waals surface area contributed by atoms with E-state index in [1.165, 1.54) is 0 Å². The Hall–Kier alpha value is -3.37. The van der Waals surface area contributed by atoms with E-state index in [1.54, 1.807) is 24.3 Å². The highest BCUT2D eigenvalue weighted by molar-refractivity contribution is 6.48. The number of para-hydroxylation sites is 1. The van der Waals surface area contributed by atoms with E-state index in [9.17, 15) is 9.59 Å². The standard InChI is InChI=1S/C26H23ClN2O2/c1-15-9-10-20(18(4)12-15)23-24(28-19-13-16(2)11-17(3)14-19)26(31)29(25(23)30)22-8-6-5-7-21(22)27/h5-14,28H,1-4H3. The van der Waals surface area contributed by atoms with Crippen LogP contribution in [0, 0.1) is 27.7 Å². The molecule has 0 fully saturated rings. The number of halogens is 1. The fourth-order valence-corrected chi connectivity index (χ4v) is 4.25. The molecule has 0 spiro atoms. The van der Waals surface area contributed by atoms with Crippen molar-refractivity contribution in [2.75, 3.05) is 10.2 Å². The first-order chi connectivity index (χ1) is 14.8. The maximum Gasteiger partial charge on any atom is 0.282 e. The lowest BCUT2D eigenvalue weighted by atomic mass is 9.97. The lowest BCUT2D eigenvalue weighted by Crippen LogP contribution is -2.32. The van der Waals surface area contributed by atoms with Gasteiger partial charge in [-0.25, -0.2) is 4.90 Å². The number of nitrogens with one attached hydrogen (secondary N) is 1. The van der Waals surface area contributed by atoms with E-state index < -0.39 is 11.8 Å². The SMILES string of the molecule is Cc1cc(C)cc(NC2=C(c3ccc(C)cc3C)C(=O)N(c3ccccc3Cl)C2=O)c1. The molecule has 0 saturated heterocycles. The van der Waals surface area contributed by atoms with Crippen molar-refractivity contribution < 1.29 is 9.59 Å². The van der Waals surface area contributed by atoms with Crippen molar-refractivity contribution in [2.24, 2.45) is 0 Å². The van der Waals surface area contributed by atoms with Crippen LogP contribution in [0.15, 0.2) is 66.4 Å². The third-order valence-corrected chi connectivity index (χ3v) is 5.64. The molecule has 0 saturated carbocycles. The fraction of sp³-hybridized carbons (Fsp3) is 0.154. The van der Waals surface area contributed by atoms with E-state index >= 15 is 0 Å². The van der Waals surface area contributed by atoms with Gasteiger partial charge in [-0.2, -0.15) is 0 Å². The first-order valence-electron chi connectivity index (χ1n) is 10.1. The van der Waals surface area contributed by atoms with E-state index in [0.717, 1.165) is 38.4 Å². The van der Waals surface area contributed by atoms with E-state index in [0.29, 0.717) is 16.3 Å². The van der Waals surface area contributed by atoms with E-state index in [-0.39, 0.29) is 5.70 Å². The molecule has 1 aliphatic rings. The van der Waals surface area contributed by atoms with Crippen LogP contribution in [0.3, 0.4) is 0 Å². The number of hydrogen-bond donors (Lipinski definition) is 1. The summed E-state index contributed by atoms with van der Waals surface area (Å²) in [6.45, 7) is 7.93. The Kier molecular flexibility index (Phi) is 5.42. The van der Waals surface area contributed by atoms with Gasteiger partial charge >= 0.3 is 0 Å². The molecule has 2 amide bonds. The molecule has 0 radical (unpaired) electrons. The number of imide groups is 1. The van der Waals surface area contributed by atoms with Crippen LogP contribution < -0.4 is 10.2 Å². The minimum Gasteiger partial charge on any atom is -0.350 e. The summed E-state index contributed by atoms with van der Waals surface area (Å²) in [5.74, 6) is -0.816. The normalized spacial score (nSPS) is 13.9. The summed E-state index contributed by atoms with van der Waals surface area (Å²) < 4.78 is 0. The second kappa shape index (κ2) is 8.05. The zero-order valence-corrected chi connectivity index (χ0v) is 18.7. The topological polar surface area (TPSA) is 49.4 Å². The molecule has 0 bridgehead atoms. The molecule has 156 valence electrons. The highest BCUT2D eigenvalue weighted by Crippen LogP contribution is 2.37. The lowest BCUT2D eigenvalue weighted by molar-refractivity contribution is -0.120. The van der Waals surface area contributed by atoms with Crippen LogP contribution in [0.25, 0.3) is 5.57 Å². The monoisotopic (exact) mass is 430 g/mol. The zero-order chi connectivity index (χ0) is 22.3. The summed E-state index contributed by atoms with van der Waals surface area (Å²) in [7, 11) is 0. The molecule has 5 heteroatoms. The fourth-order valence-electron chi connectivity index (χ4n) is 4.03. The van der Waals surface area contributed by atoms with Crippen molar-refractivity contribution >= 4 is 40.4 Å². The summed E-state index contributed by atoms with van der Waals surface area (Å²) in [5, 5.41) is 3.58. The van der Waals surface area contributed by atoms with Gasteiger partial charge < -0.3 is 5.32 Å². The largest absolute Gasteiger partial charge is 0.350 e. The molecule has 31 heavy (non-hydrogen) atoms. The lowest BCUT2D eigenvalue weighted by Gasteiger charge is -2.17. The molecular weight excluding hydrogens is 408 g/mol. The molecule has 3 aromatic carbocycles. The third-order valence-electron chi connectivity index (χ3n) is 5.32. The van der Waals surface area contributed by atoms with Gasteiger partial charge in [-0.3, -0.25) is 9.59 Å². The minimum atomic E-state index is -0.424. The second-order valence-corrected chi connectivity index (χ2v) is 8.37. The average Bonchev–Trinajstić information content (AvgIpc) is 2.92. The van der Waals surface area contributed by atoms with Crippen molar-refractivity contribution in [1.29, 1.82) is 0 Å². The number of aryl methyl sites for hydroxylation is 4. The van der Waals surface area contributed by atoms with Crippen LogP contribution in [-0.4, -0.2) is 11.8 Å². The molecule has 0 aromatic heterocycles. The molecule has 1 N–H and O–H groups in total. The number of nitrogens with zero attached hydrogens (tertiary/aromatic N) is 1. The quantitative estimate of drug-likeness (QED) is 0.518. The molecule has 3 aromatic rings. The first-order valence-corrected chi connectivity index (χ1v) is 10.4. The van der Waals surface area contributed by atoms with E-state index in [1.807, 2.05) is 58.0 Å². The molecule has 0 unspecified atom stereocenters. The van der Waals surface area contributed by atoms with Crippen molar-refractivity contribution in [3.8, 4) is 0 Å². The predicted molar refractivity (Wildman–Crippen MR) is 126 cm³/mol. The van der Waals surface area contributed by atoms with Gasteiger partial charge in [-0.05, 0) is 74.2 Å². The first kappa shape index (κ1) is 20.9. The highest BCUT2D eigenvalue weighted by atomic mass is 35.5. The number of amides is 2. The maximum atomic E-state index is 13.6. The van der Waals surface area contributed by atoms with Gasteiger partial charge in [0.2, 0.25) is 0 Å². The number of carbonyl (C=O) groups excluding carboxylic acids is 2. The van der Waals surface area contributed by atoms with Crippen LogP contribution in [0.4, 0.5) is 11.4 Å². The van der Waals surface area contributed by atoms with Gasteiger partial charge in [0.15, 0.2) is 0 Å². The Labute approximate surface area is 187 Å². The number of benzene rings is 3. The molecule has 1 aliphatic heterocycles. The number of hydrogen-bond acceptors (Lipinski definition) is 3. The van der Waals surface area contributed by atoms with Gasteiger partial charge in [-0.1, -0.05) is 53.6 Å². The van der Waals surface area contributed by atoms with Gasteiger partial charge in [0.05, 0.1) is 16.3 Å². The zero-order valence-electron chi connectivity index (χ0n) is 17.9. The van der Waals surface area contributed by atoms with Gasteiger partial charge in [0.25, 0.3) is 11.8 Å². The minimum absolute atomic E-state index is 0.252. The molecule has 4 rings (SSSR count). The van der Waals surface area contributed by atoms with Crippen LogP contribution in [0.2, 0.25) is 5.02 Å². The summed E-state index contributed by atoms with van der Waals surface area (Å²) in [6.07, 6.45) is 0. The van der Waals surface area contributed by atoms with Crippen LogP contribution in [-0.2, 0) is 9.59 Å². The molecule has 1 heterocycles. The summed E-state index contributed by atoms with van der Waals surface area (Å²) in [6, 6.07) is 18.7. The third kappa shape index (κ3) is 3.87. The average molecular weight is 431 g/mol. The number of carbonyl (C=O) groups is 2. The van der Waals surface area contributed by atoms with Gasteiger partial charge in [0, 0.05) is 5.69 Å². The smallest absolute Gasteiger partial charge is 0.282 e. The maximum absolute atomic E-state index is 13.6. The van der Waals surface area contributed by atoms with Crippen molar-refractivity contribution in [3.63, 3.8) is 0 Å². The van der Waals surface area contributed by atoms with Crippen molar-refractivity contribution in [3.05, 3.63) is 99.2 Å². The predicted octanol–water partition coefficient (Wildman–Crippen LogP) is 5.97. The molecule has 0 atom stereocenters. The Morgan fingerprint density at radius 1 is 0.774 bits per heavy atom. The Morgan fingerprint density at radius 2 is 1.45 bits per heavy atom. The number of anilines is 2. The van der Waals surface area contributed by atoms with E-state index in [2.05, 4.69) is 11.4 Å². The highest BCUT2D eigenvalue weighted by Gasteiger charge is 2.41. The second-order valence-electron chi connectivity index (χ2n) is 7.97. The van der Waals surface area contributed by atoms with Gasteiger partial charge in [0.1, 0.15) is 5.70 Å². The van der Waals surface area contributed by atoms with E-state index in [4.69, 9.17) is 11.6 Å². The van der Waals surface area contributed by atoms with Gasteiger partial charge in [-0.15, -0.1) is 0 Å². The molecule has 4 nitrogen and oxygen atoms in total.